The highest BCUT2D eigenvalue weighted by molar-refractivity contribution is 6.31. The summed E-state index contributed by atoms with van der Waals surface area (Å²) >= 11 is 6.45. The van der Waals surface area contributed by atoms with Crippen LogP contribution in [-0.2, 0) is 4.79 Å². The summed E-state index contributed by atoms with van der Waals surface area (Å²) in [6, 6.07) is 16.0. The Kier molecular flexibility index (Phi) is 5.56. The molecule has 0 bridgehead atoms. The Hall–Kier alpha value is -2.52. The van der Waals surface area contributed by atoms with Crippen molar-refractivity contribution in [2.24, 2.45) is 0 Å². The van der Waals surface area contributed by atoms with Crippen LogP contribution in [0.5, 0.6) is 0 Å². The van der Waals surface area contributed by atoms with Gasteiger partial charge in [0.05, 0.1) is 0 Å². The third kappa shape index (κ3) is 3.94. The molecule has 1 aromatic heterocycles. The van der Waals surface area contributed by atoms with Gasteiger partial charge in [-0.1, -0.05) is 54.1 Å². The van der Waals surface area contributed by atoms with Crippen LogP contribution in [0.3, 0.4) is 0 Å². The summed E-state index contributed by atoms with van der Waals surface area (Å²) in [7, 11) is 0. The quantitative estimate of drug-likeness (QED) is 0.575. The molecular weight excluding hydrogens is 332 g/mol. The first kappa shape index (κ1) is 17.3. The number of nitrogens with one attached hydrogen (secondary N) is 2. The number of aromatic amines is 1. The highest BCUT2D eigenvalue weighted by Crippen LogP contribution is 2.34. The Bertz CT molecular complexity index is 884. The number of rotatable bonds is 7. The lowest BCUT2D eigenvalue weighted by Gasteiger charge is -2.19. The van der Waals surface area contributed by atoms with E-state index < -0.39 is 0 Å². The van der Waals surface area contributed by atoms with E-state index in [9.17, 15) is 4.79 Å². The number of aromatic nitrogens is 1. The van der Waals surface area contributed by atoms with E-state index in [2.05, 4.69) is 22.9 Å². The Balaban J connectivity index is 1.93. The maximum atomic E-state index is 12.1. The van der Waals surface area contributed by atoms with E-state index in [1.807, 2.05) is 48.7 Å². The molecular formula is C21H21ClN2O. The number of benzene rings is 2. The van der Waals surface area contributed by atoms with Crippen LogP contribution < -0.4 is 5.32 Å². The summed E-state index contributed by atoms with van der Waals surface area (Å²) in [5, 5.41) is 4.89. The Morgan fingerprint density at radius 2 is 1.92 bits per heavy atom. The Morgan fingerprint density at radius 3 is 2.72 bits per heavy atom. The van der Waals surface area contributed by atoms with Crippen molar-refractivity contribution in [3.8, 4) is 0 Å². The summed E-state index contributed by atoms with van der Waals surface area (Å²) in [6.45, 7) is 4.16. The van der Waals surface area contributed by atoms with Crippen LogP contribution in [0.15, 0.2) is 67.4 Å². The van der Waals surface area contributed by atoms with Gasteiger partial charge in [-0.15, -0.1) is 6.58 Å². The Labute approximate surface area is 152 Å². The van der Waals surface area contributed by atoms with Gasteiger partial charge in [0.25, 0.3) is 0 Å². The van der Waals surface area contributed by atoms with E-state index in [0.29, 0.717) is 24.4 Å². The minimum absolute atomic E-state index is 0.0162. The molecule has 2 N–H and O–H groups in total. The van der Waals surface area contributed by atoms with Crippen molar-refractivity contribution in [1.82, 2.24) is 10.3 Å². The van der Waals surface area contributed by atoms with Gasteiger partial charge in [0, 0.05) is 41.0 Å². The second kappa shape index (κ2) is 8.04. The molecule has 0 radical (unpaired) electrons. The van der Waals surface area contributed by atoms with Gasteiger partial charge >= 0.3 is 0 Å². The fourth-order valence-electron chi connectivity index (χ4n) is 3.06. The van der Waals surface area contributed by atoms with Crippen LogP contribution in [0.2, 0.25) is 5.02 Å². The zero-order valence-electron chi connectivity index (χ0n) is 14.0. The molecule has 1 unspecified atom stereocenters. The molecule has 0 aliphatic carbocycles. The van der Waals surface area contributed by atoms with Crippen molar-refractivity contribution in [2.75, 3.05) is 6.54 Å². The van der Waals surface area contributed by atoms with E-state index in [1.54, 1.807) is 6.08 Å². The monoisotopic (exact) mass is 352 g/mol. The second-order valence-corrected chi connectivity index (χ2v) is 6.40. The average Bonchev–Trinajstić information content (AvgIpc) is 3.05. The predicted molar refractivity (Wildman–Crippen MR) is 104 cm³/mol. The number of hydrogen-bond acceptors (Lipinski definition) is 1. The molecule has 3 nitrogen and oxygen atoms in total. The maximum absolute atomic E-state index is 12.1. The normalized spacial score (nSPS) is 12.0. The SMILES string of the molecule is C=CCCC(=O)NCC(c1ccccc1Cl)c1c[nH]c2ccccc12. The zero-order chi connectivity index (χ0) is 17.6. The maximum Gasteiger partial charge on any atom is 0.220 e. The van der Waals surface area contributed by atoms with Gasteiger partial charge < -0.3 is 10.3 Å². The Morgan fingerprint density at radius 1 is 1.16 bits per heavy atom. The van der Waals surface area contributed by atoms with E-state index in [0.717, 1.165) is 22.0 Å². The molecule has 0 saturated carbocycles. The first-order valence-corrected chi connectivity index (χ1v) is 8.76. The van der Waals surface area contributed by atoms with E-state index in [1.165, 1.54) is 0 Å². The van der Waals surface area contributed by atoms with Crippen LogP contribution in [0, 0.1) is 0 Å². The summed E-state index contributed by atoms with van der Waals surface area (Å²) in [4.78, 5) is 15.4. The lowest BCUT2D eigenvalue weighted by atomic mass is 9.90. The summed E-state index contributed by atoms with van der Waals surface area (Å²) in [6.07, 6.45) is 4.89. The molecule has 4 heteroatoms. The number of halogens is 1. The van der Waals surface area contributed by atoms with Crippen LogP contribution in [0.25, 0.3) is 10.9 Å². The highest BCUT2D eigenvalue weighted by Gasteiger charge is 2.20. The molecule has 25 heavy (non-hydrogen) atoms. The number of carbonyl (C=O) groups is 1. The number of para-hydroxylation sites is 1. The lowest BCUT2D eigenvalue weighted by Crippen LogP contribution is -2.28. The first-order valence-electron chi connectivity index (χ1n) is 8.38. The summed E-state index contributed by atoms with van der Waals surface area (Å²) in [5.74, 6) is 0.00864. The zero-order valence-corrected chi connectivity index (χ0v) is 14.7. The van der Waals surface area contributed by atoms with E-state index >= 15 is 0 Å². The van der Waals surface area contributed by atoms with E-state index in [-0.39, 0.29) is 11.8 Å². The number of allylic oxidation sites excluding steroid dienone is 1. The minimum atomic E-state index is -0.0162. The molecule has 3 rings (SSSR count). The molecule has 3 aromatic rings. The lowest BCUT2D eigenvalue weighted by molar-refractivity contribution is -0.121. The third-order valence-corrected chi connectivity index (χ3v) is 4.70. The predicted octanol–water partition coefficient (Wildman–Crippen LogP) is 5.04. The van der Waals surface area contributed by atoms with Gasteiger partial charge in [0.1, 0.15) is 0 Å². The molecule has 128 valence electrons. The first-order chi connectivity index (χ1) is 12.2. The molecule has 0 saturated heterocycles. The van der Waals surface area contributed by atoms with Crippen LogP contribution in [0.1, 0.15) is 29.9 Å². The number of hydrogen-bond donors (Lipinski definition) is 2. The van der Waals surface area contributed by atoms with Crippen molar-refractivity contribution < 1.29 is 4.79 Å². The number of carbonyl (C=O) groups excluding carboxylic acids is 1. The largest absolute Gasteiger partial charge is 0.361 e. The number of amides is 1. The van der Waals surface area contributed by atoms with Gasteiger partial charge in [0.15, 0.2) is 0 Å². The van der Waals surface area contributed by atoms with Crippen LogP contribution >= 0.6 is 11.6 Å². The topological polar surface area (TPSA) is 44.9 Å². The van der Waals surface area contributed by atoms with Gasteiger partial charge in [-0.05, 0) is 29.7 Å². The van der Waals surface area contributed by atoms with Crippen molar-refractivity contribution in [3.63, 3.8) is 0 Å². The van der Waals surface area contributed by atoms with Crippen molar-refractivity contribution >= 4 is 28.4 Å². The van der Waals surface area contributed by atoms with Crippen LogP contribution in [-0.4, -0.2) is 17.4 Å². The molecule has 0 fully saturated rings. The third-order valence-electron chi connectivity index (χ3n) is 4.36. The minimum Gasteiger partial charge on any atom is -0.361 e. The molecule has 0 aliphatic rings. The fraction of sp³-hybridized carbons (Fsp3) is 0.190. The van der Waals surface area contributed by atoms with Crippen molar-refractivity contribution in [1.29, 1.82) is 0 Å². The van der Waals surface area contributed by atoms with Gasteiger partial charge in [-0.25, -0.2) is 0 Å². The number of fused-ring (bicyclic) bond motifs is 1. The standard InChI is InChI=1S/C21H21ClN2O/c1-2-3-12-21(25)24-14-17(15-8-4-6-10-19(15)22)18-13-23-20-11-7-5-9-16(18)20/h2,4-11,13,17,23H,1,3,12,14H2,(H,24,25). The van der Waals surface area contributed by atoms with Gasteiger partial charge in [-0.2, -0.15) is 0 Å². The average molecular weight is 353 g/mol. The molecule has 1 atom stereocenters. The van der Waals surface area contributed by atoms with Crippen molar-refractivity contribution in [3.05, 3.63) is 83.5 Å². The number of H-pyrrole nitrogens is 1. The molecule has 1 amide bonds. The van der Waals surface area contributed by atoms with Crippen LogP contribution in [0.4, 0.5) is 0 Å². The fourth-order valence-corrected chi connectivity index (χ4v) is 3.33. The summed E-state index contributed by atoms with van der Waals surface area (Å²) < 4.78 is 0. The molecule has 0 aliphatic heterocycles. The van der Waals surface area contributed by atoms with Crippen molar-refractivity contribution in [2.45, 2.75) is 18.8 Å². The highest BCUT2D eigenvalue weighted by atomic mass is 35.5. The smallest absolute Gasteiger partial charge is 0.220 e. The van der Waals surface area contributed by atoms with Gasteiger partial charge in [0.2, 0.25) is 5.91 Å². The molecule has 0 spiro atoms. The molecule has 1 heterocycles. The second-order valence-electron chi connectivity index (χ2n) is 6.00. The van der Waals surface area contributed by atoms with Gasteiger partial charge in [-0.3, -0.25) is 4.79 Å². The molecule has 2 aromatic carbocycles. The van der Waals surface area contributed by atoms with E-state index in [4.69, 9.17) is 11.6 Å². The summed E-state index contributed by atoms with van der Waals surface area (Å²) in [5.41, 5.74) is 3.22.